The lowest BCUT2D eigenvalue weighted by Crippen LogP contribution is -2.15. The van der Waals surface area contributed by atoms with Gasteiger partial charge in [-0.25, -0.2) is 4.79 Å². The molecule has 0 atom stereocenters. The predicted molar refractivity (Wildman–Crippen MR) is 70.3 cm³/mol. The topological polar surface area (TPSA) is 39.4 Å². The first-order valence-electron chi connectivity index (χ1n) is 6.51. The van der Waals surface area contributed by atoms with E-state index in [0.29, 0.717) is 12.2 Å². The Labute approximate surface area is 105 Å². The lowest BCUT2D eigenvalue weighted by Gasteiger charge is -2.16. The van der Waals surface area contributed by atoms with Crippen molar-refractivity contribution in [2.45, 2.75) is 32.6 Å². The van der Waals surface area contributed by atoms with Crippen molar-refractivity contribution >= 4 is 11.0 Å². The minimum atomic E-state index is -0.175. The van der Waals surface area contributed by atoms with Crippen LogP contribution < -0.4 is 10.4 Å². The van der Waals surface area contributed by atoms with E-state index in [9.17, 15) is 4.79 Å². The molecule has 0 radical (unpaired) electrons. The van der Waals surface area contributed by atoms with Crippen molar-refractivity contribution in [3.05, 3.63) is 39.7 Å². The Bertz CT molecular complexity index is 640. The minimum Gasteiger partial charge on any atom is -0.494 e. The van der Waals surface area contributed by atoms with Crippen LogP contribution >= 0.6 is 0 Å². The number of benzene rings is 1. The van der Waals surface area contributed by atoms with Crippen LogP contribution in [-0.2, 0) is 12.8 Å². The van der Waals surface area contributed by atoms with Crippen LogP contribution in [0, 0.1) is 0 Å². The van der Waals surface area contributed by atoms with Gasteiger partial charge in [-0.1, -0.05) is 0 Å². The Morgan fingerprint density at radius 1 is 1.22 bits per heavy atom. The van der Waals surface area contributed by atoms with Crippen molar-refractivity contribution in [3.63, 3.8) is 0 Å². The summed E-state index contributed by atoms with van der Waals surface area (Å²) in [5, 5.41) is 1.06. The summed E-state index contributed by atoms with van der Waals surface area (Å²) in [6, 6.07) is 5.77. The maximum atomic E-state index is 11.9. The van der Waals surface area contributed by atoms with Gasteiger partial charge in [-0.3, -0.25) is 0 Å². The van der Waals surface area contributed by atoms with Gasteiger partial charge in [-0.15, -0.1) is 0 Å². The predicted octanol–water partition coefficient (Wildman–Crippen LogP) is 3.07. The van der Waals surface area contributed by atoms with Gasteiger partial charge in [0.1, 0.15) is 11.3 Å². The molecule has 18 heavy (non-hydrogen) atoms. The molecule has 0 aliphatic heterocycles. The first-order valence-corrected chi connectivity index (χ1v) is 6.51. The van der Waals surface area contributed by atoms with E-state index in [2.05, 4.69) is 0 Å². The van der Waals surface area contributed by atoms with E-state index >= 15 is 0 Å². The molecule has 0 spiro atoms. The zero-order valence-corrected chi connectivity index (χ0v) is 10.5. The van der Waals surface area contributed by atoms with E-state index < -0.39 is 0 Å². The van der Waals surface area contributed by atoms with E-state index in [1.807, 2.05) is 25.1 Å². The zero-order valence-electron chi connectivity index (χ0n) is 10.5. The Balaban J connectivity index is 2.23. The Morgan fingerprint density at radius 2 is 2.00 bits per heavy atom. The summed E-state index contributed by atoms with van der Waals surface area (Å²) in [7, 11) is 0. The molecule has 0 saturated heterocycles. The number of fused-ring (bicyclic) bond motifs is 3. The van der Waals surface area contributed by atoms with Gasteiger partial charge in [0.2, 0.25) is 0 Å². The normalized spacial score (nSPS) is 14.5. The van der Waals surface area contributed by atoms with Crippen LogP contribution in [0.15, 0.2) is 27.4 Å². The van der Waals surface area contributed by atoms with Crippen molar-refractivity contribution in [1.82, 2.24) is 0 Å². The summed E-state index contributed by atoms with van der Waals surface area (Å²) in [5.41, 5.74) is 2.52. The number of ether oxygens (including phenoxy) is 1. The van der Waals surface area contributed by atoms with Crippen molar-refractivity contribution in [2.24, 2.45) is 0 Å². The summed E-state index contributed by atoms with van der Waals surface area (Å²) in [6.07, 6.45) is 4.06. The first kappa shape index (κ1) is 11.3. The number of hydrogen-bond acceptors (Lipinski definition) is 3. The molecule has 1 aliphatic carbocycles. The van der Waals surface area contributed by atoms with Crippen LogP contribution in [0.2, 0.25) is 0 Å². The third kappa shape index (κ3) is 1.80. The van der Waals surface area contributed by atoms with Crippen LogP contribution in [0.5, 0.6) is 5.75 Å². The van der Waals surface area contributed by atoms with Crippen LogP contribution in [0.25, 0.3) is 11.0 Å². The van der Waals surface area contributed by atoms with Crippen LogP contribution in [0.1, 0.15) is 30.9 Å². The van der Waals surface area contributed by atoms with E-state index in [0.717, 1.165) is 42.4 Å². The molecule has 1 aliphatic rings. The molecule has 1 aromatic heterocycles. The molecule has 3 heteroatoms. The molecule has 94 valence electrons. The molecule has 1 aromatic carbocycles. The summed E-state index contributed by atoms with van der Waals surface area (Å²) >= 11 is 0. The van der Waals surface area contributed by atoms with Gasteiger partial charge in [-0.2, -0.15) is 0 Å². The molecule has 3 rings (SSSR count). The van der Waals surface area contributed by atoms with Gasteiger partial charge in [0.15, 0.2) is 0 Å². The molecular formula is C15H16O3. The molecule has 3 nitrogen and oxygen atoms in total. The highest BCUT2D eigenvalue weighted by Crippen LogP contribution is 2.28. The highest BCUT2D eigenvalue weighted by Gasteiger charge is 2.17. The molecule has 0 bridgehead atoms. The second-order valence-electron chi connectivity index (χ2n) is 4.64. The zero-order chi connectivity index (χ0) is 12.5. The van der Waals surface area contributed by atoms with Gasteiger partial charge < -0.3 is 9.15 Å². The van der Waals surface area contributed by atoms with Gasteiger partial charge in [0.05, 0.1) is 6.61 Å². The van der Waals surface area contributed by atoms with Crippen LogP contribution in [0.3, 0.4) is 0 Å². The second kappa shape index (κ2) is 4.48. The van der Waals surface area contributed by atoms with Gasteiger partial charge in [0.25, 0.3) is 0 Å². The quantitative estimate of drug-likeness (QED) is 0.762. The fourth-order valence-electron chi connectivity index (χ4n) is 2.68. The highest BCUT2D eigenvalue weighted by atomic mass is 16.5. The molecule has 1 heterocycles. The first-order chi connectivity index (χ1) is 8.79. The molecule has 0 N–H and O–H groups in total. The van der Waals surface area contributed by atoms with Gasteiger partial charge in [-0.05, 0) is 50.3 Å². The number of aryl methyl sites for hydroxylation is 1. The fourth-order valence-corrected chi connectivity index (χ4v) is 2.68. The monoisotopic (exact) mass is 244 g/mol. The lowest BCUT2D eigenvalue weighted by molar-refractivity contribution is 0.340. The van der Waals surface area contributed by atoms with E-state index in [1.54, 1.807) is 0 Å². The summed E-state index contributed by atoms with van der Waals surface area (Å²) in [4.78, 5) is 11.9. The molecule has 0 fully saturated rings. The largest absolute Gasteiger partial charge is 0.494 e. The smallest absolute Gasteiger partial charge is 0.339 e. The third-order valence-corrected chi connectivity index (χ3v) is 3.51. The number of rotatable bonds is 2. The third-order valence-electron chi connectivity index (χ3n) is 3.51. The molecular weight excluding hydrogens is 228 g/mol. The van der Waals surface area contributed by atoms with E-state index in [4.69, 9.17) is 9.15 Å². The molecule has 0 saturated carbocycles. The average molecular weight is 244 g/mol. The SMILES string of the molecule is CCOc1ccc2c3c(c(=O)oc2c1)CCCC3. The Morgan fingerprint density at radius 3 is 2.78 bits per heavy atom. The maximum absolute atomic E-state index is 11.9. The Kier molecular flexibility index (Phi) is 2.82. The standard InChI is InChI=1S/C15H16O3/c1-2-17-10-7-8-12-11-5-3-4-6-13(11)15(16)18-14(12)9-10/h7-9H,2-6H2,1H3. The molecule has 2 aromatic rings. The van der Waals surface area contributed by atoms with Crippen LogP contribution in [0.4, 0.5) is 0 Å². The fraction of sp³-hybridized carbons (Fsp3) is 0.400. The Hall–Kier alpha value is -1.77. The van der Waals surface area contributed by atoms with Crippen molar-refractivity contribution in [2.75, 3.05) is 6.61 Å². The average Bonchev–Trinajstić information content (AvgIpc) is 2.39. The second-order valence-corrected chi connectivity index (χ2v) is 4.64. The maximum Gasteiger partial charge on any atom is 0.339 e. The van der Waals surface area contributed by atoms with Crippen molar-refractivity contribution in [3.8, 4) is 5.75 Å². The van der Waals surface area contributed by atoms with E-state index in [1.165, 1.54) is 5.56 Å². The van der Waals surface area contributed by atoms with Gasteiger partial charge in [0, 0.05) is 17.0 Å². The van der Waals surface area contributed by atoms with E-state index in [-0.39, 0.29) is 5.63 Å². The van der Waals surface area contributed by atoms with Crippen molar-refractivity contribution in [1.29, 1.82) is 0 Å². The van der Waals surface area contributed by atoms with Gasteiger partial charge >= 0.3 is 5.63 Å². The van der Waals surface area contributed by atoms with Crippen molar-refractivity contribution < 1.29 is 9.15 Å². The molecule has 0 unspecified atom stereocenters. The van der Waals surface area contributed by atoms with Crippen LogP contribution in [-0.4, -0.2) is 6.61 Å². The summed E-state index contributed by atoms with van der Waals surface area (Å²) in [6.45, 7) is 2.55. The molecule has 0 amide bonds. The lowest BCUT2D eigenvalue weighted by atomic mass is 9.91. The summed E-state index contributed by atoms with van der Waals surface area (Å²) in [5.74, 6) is 0.754. The summed E-state index contributed by atoms with van der Waals surface area (Å²) < 4.78 is 10.8. The minimum absolute atomic E-state index is 0.175. The highest BCUT2D eigenvalue weighted by molar-refractivity contribution is 5.82. The number of hydrogen-bond donors (Lipinski definition) is 0.